The van der Waals surface area contributed by atoms with Crippen LogP contribution in [-0.2, 0) is 14.8 Å². The molecule has 1 N–H and O–H groups in total. The fourth-order valence-corrected chi connectivity index (χ4v) is 6.63. The zero-order chi connectivity index (χ0) is 22.6. The number of anilines is 1. The lowest BCUT2D eigenvalue weighted by atomic mass is 9.98. The van der Waals surface area contributed by atoms with E-state index < -0.39 is 10.0 Å². The Morgan fingerprint density at radius 3 is 2.78 bits per heavy atom. The van der Waals surface area contributed by atoms with E-state index in [1.165, 1.54) is 15.6 Å². The van der Waals surface area contributed by atoms with Gasteiger partial charge in [0.05, 0.1) is 11.6 Å². The molecular formula is C24H25N3O3S2. The van der Waals surface area contributed by atoms with E-state index in [9.17, 15) is 13.2 Å². The number of nitrogens with one attached hydrogen (secondary N) is 1. The number of pyridine rings is 1. The van der Waals surface area contributed by atoms with Gasteiger partial charge in [0.1, 0.15) is 4.21 Å². The van der Waals surface area contributed by atoms with Crippen molar-refractivity contribution in [1.29, 1.82) is 0 Å². The first-order valence-corrected chi connectivity index (χ1v) is 12.7. The van der Waals surface area contributed by atoms with Crippen LogP contribution in [0.2, 0.25) is 0 Å². The Kier molecular flexibility index (Phi) is 6.83. The number of sulfonamides is 1. The van der Waals surface area contributed by atoms with Crippen molar-refractivity contribution in [3.05, 3.63) is 76.9 Å². The molecule has 166 valence electrons. The van der Waals surface area contributed by atoms with Crippen molar-refractivity contribution in [2.75, 3.05) is 18.4 Å². The summed E-state index contributed by atoms with van der Waals surface area (Å²) in [6.07, 6.45) is 6.92. The molecule has 0 aliphatic carbocycles. The highest BCUT2D eigenvalue weighted by atomic mass is 32.2. The number of thiophene rings is 1. The number of hydrogen-bond donors (Lipinski definition) is 1. The maximum atomic E-state index is 13.0. The van der Waals surface area contributed by atoms with Crippen LogP contribution < -0.4 is 5.32 Å². The maximum absolute atomic E-state index is 13.0. The van der Waals surface area contributed by atoms with E-state index in [0.29, 0.717) is 29.3 Å². The Bertz CT molecular complexity index is 1220. The fourth-order valence-electron chi connectivity index (χ4n) is 3.67. The average Bonchev–Trinajstić information content (AvgIpc) is 3.26. The van der Waals surface area contributed by atoms with Crippen LogP contribution in [0.3, 0.4) is 0 Å². The minimum Gasteiger partial charge on any atom is -0.326 e. The first kappa shape index (κ1) is 22.4. The summed E-state index contributed by atoms with van der Waals surface area (Å²) in [6.45, 7) is 2.52. The molecule has 0 radical (unpaired) electrons. The van der Waals surface area contributed by atoms with Gasteiger partial charge in [0.2, 0.25) is 5.91 Å². The molecule has 1 aromatic carbocycles. The lowest BCUT2D eigenvalue weighted by Crippen LogP contribution is -2.43. The number of rotatable bonds is 6. The molecule has 1 aliphatic heterocycles. The molecule has 1 aliphatic rings. The number of amides is 1. The van der Waals surface area contributed by atoms with Gasteiger partial charge in [-0.3, -0.25) is 9.78 Å². The monoisotopic (exact) mass is 467 g/mol. The van der Waals surface area contributed by atoms with Crippen LogP contribution >= 0.6 is 11.3 Å². The summed E-state index contributed by atoms with van der Waals surface area (Å²) in [4.78, 5) is 18.1. The zero-order valence-electron chi connectivity index (χ0n) is 17.8. The van der Waals surface area contributed by atoms with Crippen molar-refractivity contribution in [2.45, 2.75) is 24.0 Å². The molecule has 4 rings (SSSR count). The van der Waals surface area contributed by atoms with Crippen molar-refractivity contribution in [2.24, 2.45) is 5.92 Å². The van der Waals surface area contributed by atoms with E-state index >= 15 is 0 Å². The fraction of sp³-hybridized carbons (Fsp3) is 0.250. The van der Waals surface area contributed by atoms with Crippen molar-refractivity contribution in [3.8, 4) is 0 Å². The molecule has 32 heavy (non-hydrogen) atoms. The summed E-state index contributed by atoms with van der Waals surface area (Å²) >= 11 is 1.26. The Labute approximate surface area is 192 Å². The van der Waals surface area contributed by atoms with Crippen LogP contribution in [0.25, 0.3) is 12.2 Å². The van der Waals surface area contributed by atoms with Crippen molar-refractivity contribution >= 4 is 45.1 Å². The summed E-state index contributed by atoms with van der Waals surface area (Å²) < 4.78 is 27.7. The van der Waals surface area contributed by atoms with E-state index in [1.807, 2.05) is 61.5 Å². The number of benzene rings is 1. The predicted molar refractivity (Wildman–Crippen MR) is 129 cm³/mol. The molecule has 2 aromatic heterocycles. The standard InChI is InChI=1S/C24H25N3O3S2/c1-18-10-13-23(31-18)32(29,30)27-15-5-7-20(17-27)24(28)26-22-9-4-6-19(16-22)11-12-21-8-2-3-14-25-21/h2-4,6,8-14,16,20H,5,7,15,17H2,1H3,(H,26,28)/b12-11+. The minimum absolute atomic E-state index is 0.155. The van der Waals surface area contributed by atoms with E-state index in [2.05, 4.69) is 10.3 Å². The molecule has 1 fully saturated rings. The predicted octanol–water partition coefficient (Wildman–Crippen LogP) is 4.66. The molecule has 1 unspecified atom stereocenters. The zero-order valence-corrected chi connectivity index (χ0v) is 19.4. The second-order valence-corrected chi connectivity index (χ2v) is 11.2. The molecule has 1 amide bonds. The molecule has 3 aromatic rings. The first-order chi connectivity index (χ1) is 15.4. The maximum Gasteiger partial charge on any atom is 0.252 e. The quantitative estimate of drug-likeness (QED) is 0.572. The largest absolute Gasteiger partial charge is 0.326 e. The van der Waals surface area contributed by atoms with Crippen LogP contribution in [-0.4, -0.2) is 36.7 Å². The van der Waals surface area contributed by atoms with Crippen molar-refractivity contribution in [3.63, 3.8) is 0 Å². The number of carbonyl (C=O) groups is 1. The van der Waals surface area contributed by atoms with Gasteiger partial charge in [0, 0.05) is 29.9 Å². The Balaban J connectivity index is 1.42. The van der Waals surface area contributed by atoms with Gasteiger partial charge in [0.25, 0.3) is 10.0 Å². The molecule has 8 heteroatoms. The molecule has 3 heterocycles. The van der Waals surface area contributed by atoms with Gasteiger partial charge >= 0.3 is 0 Å². The van der Waals surface area contributed by atoms with Crippen LogP contribution in [0.4, 0.5) is 5.69 Å². The van der Waals surface area contributed by atoms with E-state index in [1.54, 1.807) is 18.3 Å². The van der Waals surface area contributed by atoms with Crippen LogP contribution in [0, 0.1) is 12.8 Å². The topological polar surface area (TPSA) is 79.4 Å². The van der Waals surface area contributed by atoms with E-state index in [0.717, 1.165) is 16.1 Å². The third-order valence-electron chi connectivity index (χ3n) is 5.35. The summed E-state index contributed by atoms with van der Waals surface area (Å²) in [5.74, 6) is -0.537. The summed E-state index contributed by atoms with van der Waals surface area (Å²) in [7, 11) is -3.56. The highest BCUT2D eigenvalue weighted by Crippen LogP contribution is 2.28. The van der Waals surface area contributed by atoms with Crippen LogP contribution in [0.1, 0.15) is 29.0 Å². The van der Waals surface area contributed by atoms with Gasteiger partial charge in [-0.2, -0.15) is 4.31 Å². The van der Waals surface area contributed by atoms with E-state index in [-0.39, 0.29) is 18.4 Å². The third kappa shape index (κ3) is 5.32. The molecule has 1 atom stereocenters. The van der Waals surface area contributed by atoms with Gasteiger partial charge in [-0.05, 0) is 67.8 Å². The summed E-state index contributed by atoms with van der Waals surface area (Å²) in [5, 5.41) is 2.96. The molecule has 1 saturated heterocycles. The SMILES string of the molecule is Cc1ccc(S(=O)(=O)N2CCCC(C(=O)Nc3cccc(/C=C/c4ccccn4)c3)C2)s1. The lowest BCUT2D eigenvalue weighted by molar-refractivity contribution is -0.120. The van der Waals surface area contributed by atoms with Crippen molar-refractivity contribution < 1.29 is 13.2 Å². The average molecular weight is 468 g/mol. The van der Waals surface area contributed by atoms with Gasteiger partial charge in [0.15, 0.2) is 0 Å². The van der Waals surface area contributed by atoms with Crippen LogP contribution in [0.15, 0.2) is 65.0 Å². The van der Waals surface area contributed by atoms with Gasteiger partial charge < -0.3 is 5.32 Å². The second kappa shape index (κ2) is 9.77. The first-order valence-electron chi connectivity index (χ1n) is 10.5. The molecule has 0 bridgehead atoms. The summed E-state index contributed by atoms with van der Waals surface area (Å²) in [5.41, 5.74) is 2.48. The highest BCUT2D eigenvalue weighted by molar-refractivity contribution is 7.91. The number of aryl methyl sites for hydroxylation is 1. The van der Waals surface area contributed by atoms with Crippen LogP contribution in [0.5, 0.6) is 0 Å². The smallest absolute Gasteiger partial charge is 0.252 e. The summed E-state index contributed by atoms with van der Waals surface area (Å²) in [6, 6.07) is 16.7. The van der Waals surface area contributed by atoms with Crippen molar-refractivity contribution in [1.82, 2.24) is 9.29 Å². The molecule has 0 spiro atoms. The Morgan fingerprint density at radius 1 is 1.16 bits per heavy atom. The normalized spacial score (nSPS) is 17.5. The van der Waals surface area contributed by atoms with Gasteiger partial charge in [-0.15, -0.1) is 11.3 Å². The van der Waals surface area contributed by atoms with Gasteiger partial charge in [-0.25, -0.2) is 8.42 Å². The lowest BCUT2D eigenvalue weighted by Gasteiger charge is -2.30. The number of hydrogen-bond acceptors (Lipinski definition) is 5. The number of piperidine rings is 1. The molecule has 0 saturated carbocycles. The highest BCUT2D eigenvalue weighted by Gasteiger charge is 2.34. The Hall–Kier alpha value is -2.81. The second-order valence-electron chi connectivity index (χ2n) is 7.77. The Morgan fingerprint density at radius 2 is 2.03 bits per heavy atom. The molecular weight excluding hydrogens is 442 g/mol. The van der Waals surface area contributed by atoms with E-state index in [4.69, 9.17) is 0 Å². The number of carbonyl (C=O) groups excluding carboxylic acids is 1. The number of aromatic nitrogens is 1. The number of nitrogens with zero attached hydrogens (tertiary/aromatic N) is 2. The third-order valence-corrected chi connectivity index (χ3v) is 8.69. The van der Waals surface area contributed by atoms with Gasteiger partial charge in [-0.1, -0.05) is 24.3 Å². The molecule has 6 nitrogen and oxygen atoms in total. The minimum atomic E-state index is -3.56.